The van der Waals surface area contributed by atoms with Gasteiger partial charge < -0.3 is 91.1 Å². The molecule has 1 saturated heterocycles. The van der Waals surface area contributed by atoms with Crippen LogP contribution in [0.2, 0.25) is 0 Å². The second-order valence-corrected chi connectivity index (χ2v) is 23.9. The highest BCUT2D eigenvalue weighted by molar-refractivity contribution is 5.99. The molecule has 31 heteroatoms. The van der Waals surface area contributed by atoms with E-state index in [4.69, 9.17) is 32.8 Å². The molecule has 2 heterocycles. The Balaban J connectivity index is 0.00000213. The fourth-order valence-electron chi connectivity index (χ4n) is 10.7. The van der Waals surface area contributed by atoms with Crippen molar-refractivity contribution in [2.75, 3.05) is 19.6 Å². The lowest BCUT2D eigenvalue weighted by atomic mass is 10.00. The van der Waals surface area contributed by atoms with Crippen LogP contribution in [0.25, 0.3) is 10.9 Å². The zero-order valence-corrected chi connectivity index (χ0v) is 54.8. The van der Waals surface area contributed by atoms with E-state index in [9.17, 15) is 52.2 Å². The number of aromatic hydroxyl groups is 1. The summed E-state index contributed by atoms with van der Waals surface area (Å²) in [7, 11) is 0. The number of aliphatic hydroxyl groups excluding tert-OH is 1. The van der Waals surface area contributed by atoms with Gasteiger partial charge in [0.15, 0.2) is 5.96 Å². The number of aliphatic carboxylic acids is 1. The fourth-order valence-corrected chi connectivity index (χ4v) is 10.7. The van der Waals surface area contributed by atoms with Gasteiger partial charge in [0.25, 0.3) is 0 Å². The van der Waals surface area contributed by atoms with Crippen LogP contribution in [-0.2, 0) is 80.0 Å². The number of H-pyrrole nitrogens is 1. The van der Waals surface area contributed by atoms with E-state index in [1.807, 2.05) is 18.2 Å². The number of fused-ring (bicyclic) bond motifs is 1. The lowest BCUT2D eigenvalue weighted by Gasteiger charge is -2.29. The Kier molecular flexibility index (Phi) is 30.4. The Bertz CT molecular complexity index is 3730. The summed E-state index contributed by atoms with van der Waals surface area (Å²) < 4.78 is 31.7. The van der Waals surface area contributed by atoms with Gasteiger partial charge in [0.1, 0.15) is 54.1 Å². The molecule has 0 aliphatic carbocycles. The van der Waals surface area contributed by atoms with E-state index in [1.165, 1.54) is 19.1 Å². The molecule has 6 aromatic rings. The zero-order chi connectivity index (χ0) is 72.9. The topological polar surface area (TPSA) is 472 Å². The summed E-state index contributed by atoms with van der Waals surface area (Å²) in [6.45, 7) is 1.15. The average Bonchev–Trinajstić information content (AvgIpc) is 1.61. The summed E-state index contributed by atoms with van der Waals surface area (Å²) >= 11 is 0. The summed E-state index contributed by atoms with van der Waals surface area (Å²) in [6.07, 6.45) is -5.18. The number of carbonyl (C=O) groups excluding carboxylic acids is 9. The number of phenols is 1. The molecule has 1 fully saturated rings. The van der Waals surface area contributed by atoms with Crippen molar-refractivity contribution >= 4 is 76.0 Å². The van der Waals surface area contributed by atoms with Crippen LogP contribution in [0, 0.1) is 0 Å². The number of hydrogen-bond donors (Lipinski definition) is 17. The number of carbonyl (C=O) groups is 10. The Morgan fingerprint density at radius 2 is 1.01 bits per heavy atom. The fraction of sp³-hybridized carbons (Fsp3) is 0.377. The number of halogens is 3. The number of benzene rings is 5. The number of unbranched alkanes of at least 4 members (excludes halogenated alkanes) is 1. The number of para-hydroxylation sites is 1. The number of carboxylic acid groups (broad SMARTS) is 1. The quantitative estimate of drug-likeness (QED) is 0.0262. The number of nitrogens with two attached hydrogens (primary N) is 4. The van der Waals surface area contributed by atoms with Crippen molar-refractivity contribution < 1.29 is 76.4 Å². The maximum atomic E-state index is 15.2. The minimum atomic E-state index is -5.08. The summed E-state index contributed by atoms with van der Waals surface area (Å²) in [5.74, 6) is -10.8. The van der Waals surface area contributed by atoms with Crippen LogP contribution in [0.1, 0.15) is 73.3 Å². The molecule has 28 nitrogen and oxygen atoms in total. The van der Waals surface area contributed by atoms with Crippen LogP contribution in [0.4, 0.5) is 13.2 Å². The first-order valence-corrected chi connectivity index (χ1v) is 32.3. The Hall–Kier alpha value is -10.9. The largest absolute Gasteiger partial charge is 0.508 e. The number of hydrogen-bond acceptors (Lipinski definition) is 15. The lowest BCUT2D eigenvalue weighted by molar-refractivity contribution is -0.192. The van der Waals surface area contributed by atoms with Crippen LogP contribution in [0.3, 0.4) is 0 Å². The Labute approximate surface area is 574 Å². The summed E-state index contributed by atoms with van der Waals surface area (Å²) in [4.78, 5) is 149. The van der Waals surface area contributed by atoms with Gasteiger partial charge in [0.2, 0.25) is 53.2 Å². The van der Waals surface area contributed by atoms with Crippen LogP contribution in [0.15, 0.2) is 151 Å². The Morgan fingerprint density at radius 3 is 1.51 bits per heavy atom. The Morgan fingerprint density at radius 1 is 0.570 bits per heavy atom. The number of carboxylic acids is 1. The van der Waals surface area contributed by atoms with E-state index < -0.39 is 126 Å². The summed E-state index contributed by atoms with van der Waals surface area (Å²) in [5.41, 5.74) is 27.3. The summed E-state index contributed by atoms with van der Waals surface area (Å²) in [6, 6.07) is 26.3. The first kappa shape index (κ1) is 78.1. The molecule has 100 heavy (non-hydrogen) atoms. The molecule has 0 unspecified atom stereocenters. The monoisotopic (exact) mass is 1390 g/mol. The van der Waals surface area contributed by atoms with Crippen LogP contribution < -0.4 is 70.8 Å². The number of nitrogens with zero attached hydrogens (tertiary/aromatic N) is 1. The van der Waals surface area contributed by atoms with Crippen LogP contribution in [0.5, 0.6) is 5.75 Å². The smallest absolute Gasteiger partial charge is 0.490 e. The van der Waals surface area contributed by atoms with E-state index in [2.05, 4.69) is 57.8 Å². The van der Waals surface area contributed by atoms with Crippen molar-refractivity contribution in [3.8, 4) is 5.75 Å². The molecule has 21 N–H and O–H groups in total. The number of aliphatic imine (C=N–C) groups is 1. The van der Waals surface area contributed by atoms with Crippen molar-refractivity contribution in [3.63, 3.8) is 0 Å². The number of amides is 9. The van der Waals surface area contributed by atoms with Crippen LogP contribution >= 0.6 is 0 Å². The second-order valence-electron chi connectivity index (χ2n) is 23.9. The standard InChI is InChI=1S/C67H85N15O11.C2HF3O2/c1-40(83)57-66(93)81-53(35-41-16-5-2-6-17-41)59(86)72-33-30-52(75-58(85)48(69)34-44-26-28-46(84)29-27-44)61(88)76-51(25-15-32-73-67(70)71)60(87)78-54(36-42-18-7-3-8-19-42)63(90)79-55(37-43-20-9-4-10-21-43)64(91)80-56(38-45-39-74-49-23-12-11-22-47(45)49)65(92)77-50(62(89)82-57)24-13-14-31-68;3-2(4,5)1(6)7/h2-12,16-23,26-29,39-40,48,50-57,74,83-84H,13-15,24-25,30-38,68-69H2,1H3,(H,72,86)(H,75,85)(H,76,88)(H,77,92)(H,78,87)(H,79,90)(H,80,91)(H,81,93)(H,82,89)(H4,70,71,73);(H,6,7)/t40-,48+,50+,51+,52-,53+,54+,55+,56-,57+;/m1./s1. The zero-order valence-electron chi connectivity index (χ0n) is 54.8. The first-order valence-electron chi connectivity index (χ1n) is 32.3. The highest BCUT2D eigenvalue weighted by atomic mass is 19.4. The van der Waals surface area contributed by atoms with Crippen LogP contribution in [-0.4, -0.2) is 172 Å². The van der Waals surface area contributed by atoms with Gasteiger partial charge in [-0.05, 0) is 104 Å². The minimum Gasteiger partial charge on any atom is -0.508 e. The van der Waals surface area contributed by atoms with E-state index in [1.54, 1.807) is 115 Å². The molecule has 10 atom stereocenters. The molecule has 0 radical (unpaired) electrons. The summed E-state index contributed by atoms with van der Waals surface area (Å²) in [5, 5.41) is 53.7. The van der Waals surface area contributed by atoms with Gasteiger partial charge in [-0.15, -0.1) is 0 Å². The molecule has 1 aromatic heterocycles. The number of aromatic amines is 1. The number of guanidine groups is 1. The minimum absolute atomic E-state index is 0.00376. The highest BCUT2D eigenvalue weighted by Crippen LogP contribution is 2.21. The van der Waals surface area contributed by atoms with E-state index in [0.717, 1.165) is 10.9 Å². The van der Waals surface area contributed by atoms with E-state index >= 15 is 14.4 Å². The van der Waals surface area contributed by atoms with Gasteiger partial charge in [-0.2, -0.15) is 13.2 Å². The molecule has 0 saturated carbocycles. The predicted octanol–water partition coefficient (Wildman–Crippen LogP) is 0.309. The van der Waals surface area contributed by atoms with Crippen molar-refractivity contribution in [1.29, 1.82) is 0 Å². The van der Waals surface area contributed by atoms with Gasteiger partial charge >= 0.3 is 12.1 Å². The van der Waals surface area contributed by atoms with Gasteiger partial charge in [-0.25, -0.2) is 4.79 Å². The lowest BCUT2D eigenvalue weighted by Crippen LogP contribution is -2.62. The van der Waals surface area contributed by atoms with E-state index in [-0.39, 0.29) is 89.1 Å². The normalized spacial score (nSPS) is 20.9. The molecule has 1 aliphatic rings. The van der Waals surface area contributed by atoms with E-state index in [0.29, 0.717) is 40.7 Å². The number of nitrogens with one attached hydrogen (secondary N) is 10. The maximum Gasteiger partial charge on any atom is 0.490 e. The predicted molar refractivity (Wildman–Crippen MR) is 363 cm³/mol. The number of aliphatic hydroxyl groups is 1. The molecule has 0 bridgehead atoms. The van der Waals surface area contributed by atoms with Crippen molar-refractivity contribution in [2.24, 2.45) is 27.9 Å². The maximum absolute atomic E-state index is 15.2. The molecule has 1 aliphatic heterocycles. The third-order valence-electron chi connectivity index (χ3n) is 16.0. The molecular formula is C69H86F3N15O13. The molecule has 5 aromatic carbocycles. The molecule has 7 rings (SSSR count). The average molecular weight is 1390 g/mol. The molecule has 9 amide bonds. The van der Waals surface area contributed by atoms with Gasteiger partial charge in [0.05, 0.1) is 12.1 Å². The second kappa shape index (κ2) is 38.9. The van der Waals surface area contributed by atoms with Gasteiger partial charge in [-0.1, -0.05) is 121 Å². The third-order valence-corrected chi connectivity index (χ3v) is 16.0. The number of rotatable bonds is 21. The third kappa shape index (κ3) is 25.5. The number of phenolic OH excluding ortho intramolecular Hbond substituents is 1. The van der Waals surface area contributed by atoms with Crippen molar-refractivity contribution in [1.82, 2.24) is 52.8 Å². The highest BCUT2D eigenvalue weighted by Gasteiger charge is 2.39. The number of alkyl halides is 3. The van der Waals surface area contributed by atoms with Crippen molar-refractivity contribution in [2.45, 2.75) is 144 Å². The molecule has 536 valence electrons. The first-order chi connectivity index (χ1) is 47.7. The molecular weight excluding hydrogens is 1300 g/mol. The molecule has 0 spiro atoms. The number of aromatic nitrogens is 1. The van der Waals surface area contributed by atoms with Crippen molar-refractivity contribution in [3.05, 3.63) is 174 Å². The van der Waals surface area contributed by atoms with Gasteiger partial charge in [0, 0.05) is 55.9 Å². The SMILES string of the molecule is C[C@@H](O)[C@@H]1NC(=O)[C@H](CCCCN)NC(=O)[C@@H](Cc2c[nH]c3ccccc23)NC(=O)[C@H](Cc2ccccc2)NC(=O)[C@H](Cc2ccccc2)NC(=O)[C@H](CCCN=C(N)N)NC(=O)[C@H](NC(=O)[C@@H](N)Cc2ccc(O)cc2)CCNC(=O)[C@H](Cc2ccccc2)NC1=O.O=C(O)C(F)(F)F. The van der Waals surface area contributed by atoms with Gasteiger partial charge in [-0.3, -0.25) is 48.1 Å².